The highest BCUT2D eigenvalue weighted by Crippen LogP contribution is 2.17. The van der Waals surface area contributed by atoms with E-state index < -0.39 is 10.8 Å². The molecule has 0 aliphatic heterocycles. The van der Waals surface area contributed by atoms with E-state index in [9.17, 15) is 4.21 Å². The number of thiocarbonyl (C=S) groups is 1. The fourth-order valence-corrected chi connectivity index (χ4v) is 2.78. The summed E-state index contributed by atoms with van der Waals surface area (Å²) in [6.45, 7) is 0.818. The van der Waals surface area contributed by atoms with Gasteiger partial charge in [-0.2, -0.15) is 0 Å². The second-order valence-electron chi connectivity index (χ2n) is 4.37. The fourth-order valence-electron chi connectivity index (χ4n) is 1.96. The van der Waals surface area contributed by atoms with Crippen molar-refractivity contribution in [1.29, 1.82) is 0 Å². The van der Waals surface area contributed by atoms with E-state index in [0.717, 1.165) is 23.8 Å². The molecule has 0 bridgehead atoms. The molecule has 0 amide bonds. The largest absolute Gasteiger partial charge is 0.363 e. The van der Waals surface area contributed by atoms with Crippen LogP contribution in [0.15, 0.2) is 0 Å². The van der Waals surface area contributed by atoms with Crippen molar-refractivity contribution in [3.8, 4) is 0 Å². The molecule has 0 spiro atoms. The standard InChI is InChI=1S/C11H22N2OS2/c1-16(14)9-5-8-12-11(15)13-10-6-3-2-4-7-10/h10H,2-9H2,1H3,(H2,12,13,15). The van der Waals surface area contributed by atoms with Crippen molar-refractivity contribution in [2.24, 2.45) is 0 Å². The van der Waals surface area contributed by atoms with Gasteiger partial charge < -0.3 is 10.6 Å². The van der Waals surface area contributed by atoms with E-state index in [1.807, 2.05) is 0 Å². The second kappa shape index (κ2) is 8.01. The van der Waals surface area contributed by atoms with Gasteiger partial charge in [0, 0.05) is 35.4 Å². The number of hydrogen-bond donors (Lipinski definition) is 2. The van der Waals surface area contributed by atoms with Crippen LogP contribution < -0.4 is 10.6 Å². The van der Waals surface area contributed by atoms with E-state index in [1.165, 1.54) is 32.1 Å². The lowest BCUT2D eigenvalue weighted by Crippen LogP contribution is -2.43. The molecule has 16 heavy (non-hydrogen) atoms. The Bertz CT molecular complexity index is 240. The molecule has 0 radical (unpaired) electrons. The van der Waals surface area contributed by atoms with Crippen molar-refractivity contribution < 1.29 is 4.21 Å². The van der Waals surface area contributed by atoms with Crippen LogP contribution in [-0.2, 0) is 10.8 Å². The lowest BCUT2D eigenvalue weighted by Gasteiger charge is -2.24. The minimum atomic E-state index is -0.690. The third-order valence-corrected chi connectivity index (χ3v) is 3.96. The van der Waals surface area contributed by atoms with E-state index in [1.54, 1.807) is 6.26 Å². The molecule has 1 aliphatic rings. The SMILES string of the molecule is CS(=O)CCCNC(=S)NC1CCCCC1. The Balaban J connectivity index is 2.03. The van der Waals surface area contributed by atoms with Gasteiger partial charge in [-0.15, -0.1) is 0 Å². The number of rotatable bonds is 5. The highest BCUT2D eigenvalue weighted by molar-refractivity contribution is 7.84. The van der Waals surface area contributed by atoms with Crippen LogP contribution in [0.3, 0.4) is 0 Å². The Morgan fingerprint density at radius 3 is 2.69 bits per heavy atom. The summed E-state index contributed by atoms with van der Waals surface area (Å²) in [6.07, 6.45) is 9.11. The number of hydrogen-bond acceptors (Lipinski definition) is 2. The van der Waals surface area contributed by atoms with Crippen LogP contribution >= 0.6 is 12.2 Å². The Morgan fingerprint density at radius 2 is 2.06 bits per heavy atom. The molecule has 2 N–H and O–H groups in total. The molecular weight excluding hydrogens is 240 g/mol. The minimum absolute atomic E-state index is 0.564. The van der Waals surface area contributed by atoms with E-state index in [4.69, 9.17) is 12.2 Å². The zero-order valence-electron chi connectivity index (χ0n) is 9.96. The summed E-state index contributed by atoms with van der Waals surface area (Å²) in [4.78, 5) is 0. The molecule has 5 heteroatoms. The zero-order chi connectivity index (χ0) is 11.8. The highest BCUT2D eigenvalue weighted by atomic mass is 32.2. The van der Waals surface area contributed by atoms with Crippen LogP contribution in [0.25, 0.3) is 0 Å². The topological polar surface area (TPSA) is 41.1 Å². The zero-order valence-corrected chi connectivity index (χ0v) is 11.6. The van der Waals surface area contributed by atoms with Crippen LogP contribution in [0.1, 0.15) is 38.5 Å². The predicted molar refractivity (Wildman–Crippen MR) is 74.2 cm³/mol. The first kappa shape index (κ1) is 13.9. The molecule has 0 aromatic rings. The molecule has 3 nitrogen and oxygen atoms in total. The van der Waals surface area contributed by atoms with Crippen molar-refractivity contribution in [3.63, 3.8) is 0 Å². The summed E-state index contributed by atoms with van der Waals surface area (Å²) in [5.74, 6) is 0.749. The van der Waals surface area contributed by atoms with Gasteiger partial charge in [0.2, 0.25) is 0 Å². The molecule has 1 atom stereocenters. The van der Waals surface area contributed by atoms with Crippen LogP contribution in [-0.4, -0.2) is 33.9 Å². The molecule has 0 saturated heterocycles. The molecule has 1 saturated carbocycles. The van der Waals surface area contributed by atoms with Gasteiger partial charge in [0.25, 0.3) is 0 Å². The average molecular weight is 262 g/mol. The maximum absolute atomic E-state index is 10.8. The maximum Gasteiger partial charge on any atom is 0.166 e. The molecule has 0 aromatic carbocycles. The monoisotopic (exact) mass is 262 g/mol. The van der Waals surface area contributed by atoms with Crippen molar-refractivity contribution in [1.82, 2.24) is 10.6 Å². The molecule has 1 rings (SSSR count). The van der Waals surface area contributed by atoms with Crippen LogP contribution in [0.2, 0.25) is 0 Å². The normalized spacial score (nSPS) is 19.1. The van der Waals surface area contributed by atoms with Gasteiger partial charge in [-0.25, -0.2) is 0 Å². The lowest BCUT2D eigenvalue weighted by atomic mass is 9.96. The van der Waals surface area contributed by atoms with Gasteiger partial charge in [-0.1, -0.05) is 19.3 Å². The summed E-state index contributed by atoms with van der Waals surface area (Å²) in [6, 6.07) is 0.564. The second-order valence-corrected chi connectivity index (χ2v) is 6.33. The van der Waals surface area contributed by atoms with Gasteiger partial charge in [-0.05, 0) is 31.5 Å². The Morgan fingerprint density at radius 1 is 1.38 bits per heavy atom. The average Bonchev–Trinajstić information content (AvgIpc) is 2.25. The molecule has 0 heterocycles. The Labute approximate surface area is 106 Å². The molecule has 1 unspecified atom stereocenters. The summed E-state index contributed by atoms with van der Waals surface area (Å²) < 4.78 is 10.8. The Hall–Kier alpha value is -0.160. The van der Waals surface area contributed by atoms with Gasteiger partial charge in [0.1, 0.15) is 0 Å². The van der Waals surface area contributed by atoms with E-state index in [2.05, 4.69) is 10.6 Å². The lowest BCUT2D eigenvalue weighted by molar-refractivity contribution is 0.412. The highest BCUT2D eigenvalue weighted by Gasteiger charge is 2.13. The first-order valence-electron chi connectivity index (χ1n) is 6.03. The smallest absolute Gasteiger partial charge is 0.166 e. The van der Waals surface area contributed by atoms with Crippen molar-refractivity contribution >= 4 is 28.1 Å². The first-order valence-corrected chi connectivity index (χ1v) is 8.16. The third kappa shape index (κ3) is 6.43. The summed E-state index contributed by atoms with van der Waals surface area (Å²) in [5.41, 5.74) is 0. The quantitative estimate of drug-likeness (QED) is 0.583. The molecular formula is C11H22N2OS2. The first-order chi connectivity index (χ1) is 7.68. The van der Waals surface area contributed by atoms with E-state index in [0.29, 0.717) is 6.04 Å². The van der Waals surface area contributed by atoms with Gasteiger partial charge >= 0.3 is 0 Å². The number of nitrogens with one attached hydrogen (secondary N) is 2. The van der Waals surface area contributed by atoms with Gasteiger partial charge in [-0.3, -0.25) is 4.21 Å². The summed E-state index contributed by atoms with van der Waals surface area (Å²) in [7, 11) is -0.690. The third-order valence-electron chi connectivity index (χ3n) is 2.83. The van der Waals surface area contributed by atoms with E-state index in [-0.39, 0.29) is 0 Å². The van der Waals surface area contributed by atoms with Crippen LogP contribution in [0.5, 0.6) is 0 Å². The van der Waals surface area contributed by atoms with Crippen LogP contribution in [0.4, 0.5) is 0 Å². The predicted octanol–water partition coefficient (Wildman–Crippen LogP) is 1.55. The van der Waals surface area contributed by atoms with E-state index >= 15 is 0 Å². The van der Waals surface area contributed by atoms with Gasteiger partial charge in [0.15, 0.2) is 5.11 Å². The van der Waals surface area contributed by atoms with Gasteiger partial charge in [0.05, 0.1) is 0 Å². The van der Waals surface area contributed by atoms with Crippen molar-refractivity contribution in [3.05, 3.63) is 0 Å². The molecule has 0 aromatic heterocycles. The Kier molecular flexibility index (Phi) is 6.96. The van der Waals surface area contributed by atoms with Crippen molar-refractivity contribution in [2.75, 3.05) is 18.6 Å². The van der Waals surface area contributed by atoms with Crippen LogP contribution in [0, 0.1) is 0 Å². The van der Waals surface area contributed by atoms with Crippen molar-refractivity contribution in [2.45, 2.75) is 44.6 Å². The molecule has 1 fully saturated rings. The summed E-state index contributed by atoms with van der Waals surface area (Å²) >= 11 is 5.22. The molecule has 94 valence electrons. The minimum Gasteiger partial charge on any atom is -0.363 e. The summed E-state index contributed by atoms with van der Waals surface area (Å²) in [5, 5.41) is 7.28. The fraction of sp³-hybridized carbons (Fsp3) is 0.909. The molecule has 1 aliphatic carbocycles. The maximum atomic E-state index is 10.8.